The molecule has 84 valence electrons. The molecule has 0 bridgehead atoms. The zero-order valence-corrected chi connectivity index (χ0v) is 9.99. The van der Waals surface area contributed by atoms with Gasteiger partial charge in [0.1, 0.15) is 5.82 Å². The quantitative estimate of drug-likeness (QED) is 0.853. The van der Waals surface area contributed by atoms with E-state index in [4.69, 9.17) is 0 Å². The van der Waals surface area contributed by atoms with E-state index in [1.807, 2.05) is 19.3 Å². The van der Waals surface area contributed by atoms with Crippen LogP contribution in [0.4, 0.5) is 5.82 Å². The number of hydrogen-bond donors (Lipinski definition) is 1. The maximum absolute atomic E-state index is 4.28. The molecule has 1 heterocycles. The lowest BCUT2D eigenvalue weighted by Crippen LogP contribution is -2.02. The molecule has 0 saturated heterocycles. The van der Waals surface area contributed by atoms with Crippen molar-refractivity contribution in [1.82, 2.24) is 9.78 Å². The first-order chi connectivity index (χ1) is 7.65. The molecule has 0 unspecified atom stereocenters. The second kappa shape index (κ2) is 4.39. The normalized spacial score (nSPS) is 10.4. The highest BCUT2D eigenvalue weighted by Crippen LogP contribution is 2.12. The van der Waals surface area contributed by atoms with Gasteiger partial charge in [-0.25, -0.2) is 0 Å². The number of rotatable bonds is 3. The molecule has 0 amide bonds. The van der Waals surface area contributed by atoms with Gasteiger partial charge in [0.05, 0.1) is 0 Å². The van der Waals surface area contributed by atoms with Gasteiger partial charge >= 0.3 is 0 Å². The summed E-state index contributed by atoms with van der Waals surface area (Å²) in [6.07, 6.45) is 1.93. The molecule has 16 heavy (non-hydrogen) atoms. The minimum Gasteiger partial charge on any atom is -0.365 e. The van der Waals surface area contributed by atoms with Gasteiger partial charge in [0, 0.05) is 25.9 Å². The zero-order valence-electron chi connectivity index (χ0n) is 9.99. The molecule has 1 aromatic heterocycles. The van der Waals surface area contributed by atoms with Crippen molar-refractivity contribution in [3.8, 4) is 0 Å². The van der Waals surface area contributed by atoms with Crippen LogP contribution in [0.1, 0.15) is 16.7 Å². The highest BCUT2D eigenvalue weighted by Gasteiger charge is 2.00. The van der Waals surface area contributed by atoms with Crippen LogP contribution in [-0.4, -0.2) is 9.78 Å². The number of benzene rings is 1. The molecule has 0 aliphatic rings. The van der Waals surface area contributed by atoms with Gasteiger partial charge in [0.25, 0.3) is 0 Å². The van der Waals surface area contributed by atoms with Gasteiger partial charge in [-0.15, -0.1) is 0 Å². The number of hydrogen-bond acceptors (Lipinski definition) is 2. The fourth-order valence-corrected chi connectivity index (χ4v) is 1.74. The second-order valence-electron chi connectivity index (χ2n) is 4.16. The summed E-state index contributed by atoms with van der Waals surface area (Å²) in [5, 5.41) is 7.59. The minimum absolute atomic E-state index is 0.823. The average molecular weight is 215 g/mol. The van der Waals surface area contributed by atoms with Gasteiger partial charge in [-0.2, -0.15) is 5.10 Å². The van der Waals surface area contributed by atoms with Crippen LogP contribution in [-0.2, 0) is 13.6 Å². The summed E-state index contributed by atoms with van der Waals surface area (Å²) in [5.41, 5.74) is 3.94. The summed E-state index contributed by atoms with van der Waals surface area (Å²) in [5.74, 6) is 0.919. The Balaban J connectivity index is 2.04. The molecule has 2 rings (SSSR count). The monoisotopic (exact) mass is 215 g/mol. The molecule has 0 fully saturated rings. The summed E-state index contributed by atoms with van der Waals surface area (Å²) in [6.45, 7) is 5.08. The van der Waals surface area contributed by atoms with E-state index in [-0.39, 0.29) is 0 Å². The smallest absolute Gasteiger partial charge is 0.148 e. The third-order valence-electron chi connectivity index (χ3n) is 2.67. The maximum atomic E-state index is 4.28. The Morgan fingerprint density at radius 1 is 1.25 bits per heavy atom. The van der Waals surface area contributed by atoms with E-state index in [1.54, 1.807) is 4.68 Å². The van der Waals surface area contributed by atoms with Gasteiger partial charge in [-0.1, -0.05) is 23.8 Å². The molecule has 0 saturated carbocycles. The Kier molecular flexibility index (Phi) is 2.95. The maximum Gasteiger partial charge on any atom is 0.148 e. The van der Waals surface area contributed by atoms with E-state index in [0.717, 1.165) is 12.4 Å². The fourth-order valence-electron chi connectivity index (χ4n) is 1.74. The van der Waals surface area contributed by atoms with Crippen LogP contribution in [0.3, 0.4) is 0 Å². The highest BCUT2D eigenvalue weighted by molar-refractivity contribution is 5.37. The first-order valence-corrected chi connectivity index (χ1v) is 5.45. The van der Waals surface area contributed by atoms with Gasteiger partial charge in [-0.05, 0) is 25.0 Å². The number of aromatic nitrogens is 2. The molecule has 3 heteroatoms. The third-order valence-corrected chi connectivity index (χ3v) is 2.67. The third kappa shape index (κ3) is 2.42. The summed E-state index contributed by atoms with van der Waals surface area (Å²) in [6, 6.07) is 8.49. The van der Waals surface area contributed by atoms with Crippen molar-refractivity contribution in [2.24, 2.45) is 7.05 Å². The average Bonchev–Trinajstić information content (AvgIpc) is 2.63. The first kappa shape index (κ1) is 10.7. The van der Waals surface area contributed by atoms with Crippen LogP contribution < -0.4 is 5.32 Å². The molecule has 0 aliphatic heterocycles. The molecular weight excluding hydrogens is 198 g/mol. The number of anilines is 1. The summed E-state index contributed by atoms with van der Waals surface area (Å²) < 4.78 is 1.80. The Bertz CT molecular complexity index is 486. The van der Waals surface area contributed by atoms with E-state index in [2.05, 4.69) is 42.5 Å². The highest BCUT2D eigenvalue weighted by atomic mass is 15.3. The Morgan fingerprint density at radius 3 is 2.69 bits per heavy atom. The second-order valence-corrected chi connectivity index (χ2v) is 4.16. The predicted molar refractivity (Wildman–Crippen MR) is 66.5 cm³/mol. The summed E-state index contributed by atoms with van der Waals surface area (Å²) >= 11 is 0. The largest absolute Gasteiger partial charge is 0.365 e. The molecular formula is C13H17N3. The lowest BCUT2D eigenvalue weighted by Gasteiger charge is -2.07. The fraction of sp³-hybridized carbons (Fsp3) is 0.308. The first-order valence-electron chi connectivity index (χ1n) is 5.45. The molecule has 3 nitrogen and oxygen atoms in total. The van der Waals surface area contributed by atoms with Crippen molar-refractivity contribution in [3.05, 3.63) is 47.2 Å². The summed E-state index contributed by atoms with van der Waals surface area (Å²) in [4.78, 5) is 0. The van der Waals surface area contributed by atoms with Crippen molar-refractivity contribution in [1.29, 1.82) is 0 Å². The molecule has 1 N–H and O–H groups in total. The van der Waals surface area contributed by atoms with Crippen molar-refractivity contribution in [2.75, 3.05) is 5.32 Å². The van der Waals surface area contributed by atoms with Gasteiger partial charge in [0.2, 0.25) is 0 Å². The van der Waals surface area contributed by atoms with Crippen LogP contribution in [0.25, 0.3) is 0 Å². The summed E-state index contributed by atoms with van der Waals surface area (Å²) in [7, 11) is 1.92. The lowest BCUT2D eigenvalue weighted by molar-refractivity contribution is 0.768. The standard InChI is InChI=1S/C13H17N3/c1-10-4-5-12(11(2)8-10)9-14-13-6-7-16(3)15-13/h4-8H,9H2,1-3H3,(H,14,15). The van der Waals surface area contributed by atoms with E-state index >= 15 is 0 Å². The van der Waals surface area contributed by atoms with Gasteiger partial charge in [0.15, 0.2) is 0 Å². The molecule has 0 radical (unpaired) electrons. The molecule has 0 spiro atoms. The van der Waals surface area contributed by atoms with Gasteiger partial charge < -0.3 is 5.32 Å². The van der Waals surface area contributed by atoms with E-state index in [9.17, 15) is 0 Å². The number of nitrogens with one attached hydrogen (secondary N) is 1. The number of nitrogens with zero attached hydrogens (tertiary/aromatic N) is 2. The van der Waals surface area contributed by atoms with Crippen LogP contribution >= 0.6 is 0 Å². The Hall–Kier alpha value is -1.77. The van der Waals surface area contributed by atoms with Gasteiger partial charge in [-0.3, -0.25) is 4.68 Å². The van der Waals surface area contributed by atoms with E-state index in [1.165, 1.54) is 16.7 Å². The van der Waals surface area contributed by atoms with Crippen LogP contribution in [0.2, 0.25) is 0 Å². The SMILES string of the molecule is Cc1ccc(CNc2ccn(C)n2)c(C)c1. The molecule has 0 atom stereocenters. The van der Waals surface area contributed by atoms with Crippen molar-refractivity contribution in [2.45, 2.75) is 20.4 Å². The Labute approximate surface area is 96.1 Å². The zero-order chi connectivity index (χ0) is 11.5. The lowest BCUT2D eigenvalue weighted by atomic mass is 10.1. The molecule has 0 aliphatic carbocycles. The molecule has 2 aromatic rings. The predicted octanol–water partition coefficient (Wildman–Crippen LogP) is 2.65. The van der Waals surface area contributed by atoms with Crippen LogP contribution in [0.5, 0.6) is 0 Å². The topological polar surface area (TPSA) is 29.9 Å². The van der Waals surface area contributed by atoms with Crippen molar-refractivity contribution < 1.29 is 0 Å². The van der Waals surface area contributed by atoms with E-state index < -0.39 is 0 Å². The van der Waals surface area contributed by atoms with E-state index in [0.29, 0.717) is 0 Å². The Morgan fingerprint density at radius 2 is 2.06 bits per heavy atom. The molecule has 1 aromatic carbocycles. The van der Waals surface area contributed by atoms with Crippen LogP contribution in [0, 0.1) is 13.8 Å². The van der Waals surface area contributed by atoms with Crippen molar-refractivity contribution >= 4 is 5.82 Å². The number of aryl methyl sites for hydroxylation is 3. The minimum atomic E-state index is 0.823. The van der Waals surface area contributed by atoms with Crippen molar-refractivity contribution in [3.63, 3.8) is 0 Å². The van der Waals surface area contributed by atoms with Crippen LogP contribution in [0.15, 0.2) is 30.5 Å².